The first-order valence-electron chi connectivity index (χ1n) is 9.39. The Bertz CT molecular complexity index is 914. The molecule has 4 nitrogen and oxygen atoms in total. The number of rotatable bonds is 8. The zero-order chi connectivity index (χ0) is 20.6. The zero-order valence-corrected chi connectivity index (χ0v) is 19.0. The summed E-state index contributed by atoms with van der Waals surface area (Å²) in [6.07, 6.45) is 4.81. The second-order valence-electron chi connectivity index (χ2n) is 6.61. The Labute approximate surface area is 188 Å². The summed E-state index contributed by atoms with van der Waals surface area (Å²) in [6.45, 7) is 0.586. The number of thiocarbonyl (C=S) groups is 1. The molecule has 1 heterocycles. The number of thioether (sulfide) groups is 1. The number of amides is 2. The van der Waals surface area contributed by atoms with E-state index in [1.807, 2.05) is 60.7 Å². The van der Waals surface area contributed by atoms with Gasteiger partial charge < -0.3 is 5.32 Å². The Morgan fingerprint density at radius 3 is 2.52 bits per heavy atom. The summed E-state index contributed by atoms with van der Waals surface area (Å²) in [5.41, 5.74) is 1.78. The van der Waals surface area contributed by atoms with Crippen LogP contribution in [0.25, 0.3) is 6.08 Å². The summed E-state index contributed by atoms with van der Waals surface area (Å²) in [5, 5.41) is 2.88. The number of unbranched alkanes of at least 4 members (excludes halogenated alkanes) is 2. The fourth-order valence-corrected chi connectivity index (χ4v) is 4.45. The SMILES string of the molecule is O=C(CCCCCN1C(=O)/C(=C/c2ccc(Br)cc2)SC1=S)Nc1ccccc1. The van der Waals surface area contributed by atoms with Crippen molar-refractivity contribution < 1.29 is 9.59 Å². The number of halogens is 1. The monoisotopic (exact) mass is 488 g/mol. The van der Waals surface area contributed by atoms with Gasteiger partial charge in [-0.15, -0.1) is 0 Å². The van der Waals surface area contributed by atoms with Gasteiger partial charge in [-0.05, 0) is 48.7 Å². The van der Waals surface area contributed by atoms with Gasteiger partial charge in [0.1, 0.15) is 4.32 Å². The summed E-state index contributed by atoms with van der Waals surface area (Å²) in [7, 11) is 0. The number of nitrogens with zero attached hydrogens (tertiary/aromatic N) is 1. The van der Waals surface area contributed by atoms with Gasteiger partial charge in [-0.25, -0.2) is 0 Å². The smallest absolute Gasteiger partial charge is 0.266 e. The molecule has 0 atom stereocenters. The topological polar surface area (TPSA) is 49.4 Å². The van der Waals surface area contributed by atoms with E-state index >= 15 is 0 Å². The molecular weight excluding hydrogens is 468 g/mol. The van der Waals surface area contributed by atoms with Gasteiger partial charge in [-0.2, -0.15) is 0 Å². The number of para-hydroxylation sites is 1. The summed E-state index contributed by atoms with van der Waals surface area (Å²) in [4.78, 5) is 26.9. The Hall–Kier alpha value is -1.96. The molecule has 0 radical (unpaired) electrons. The first kappa shape index (κ1) is 21.7. The number of carbonyl (C=O) groups excluding carboxylic acids is 2. The van der Waals surface area contributed by atoms with Crippen LogP contribution in [0.2, 0.25) is 0 Å². The highest BCUT2D eigenvalue weighted by Gasteiger charge is 2.31. The van der Waals surface area contributed by atoms with Gasteiger partial charge in [0, 0.05) is 23.1 Å². The number of hydrogen-bond donors (Lipinski definition) is 1. The highest BCUT2D eigenvalue weighted by molar-refractivity contribution is 9.10. The van der Waals surface area contributed by atoms with Crippen molar-refractivity contribution in [2.24, 2.45) is 0 Å². The fourth-order valence-electron chi connectivity index (χ4n) is 2.88. The van der Waals surface area contributed by atoms with E-state index in [-0.39, 0.29) is 11.8 Å². The third kappa shape index (κ3) is 6.52. The van der Waals surface area contributed by atoms with E-state index in [4.69, 9.17) is 12.2 Å². The summed E-state index contributed by atoms with van der Waals surface area (Å²) < 4.78 is 1.60. The number of carbonyl (C=O) groups is 2. The van der Waals surface area contributed by atoms with Crippen LogP contribution in [-0.4, -0.2) is 27.6 Å². The third-order valence-electron chi connectivity index (χ3n) is 4.38. The summed E-state index contributed by atoms with van der Waals surface area (Å²) in [6, 6.07) is 17.2. The minimum atomic E-state index is -0.0373. The van der Waals surface area contributed by atoms with E-state index in [9.17, 15) is 9.59 Å². The average molecular weight is 489 g/mol. The lowest BCUT2D eigenvalue weighted by Gasteiger charge is -2.14. The minimum absolute atomic E-state index is 0.0132. The van der Waals surface area contributed by atoms with Crippen LogP contribution >= 0.6 is 39.9 Å². The molecule has 3 rings (SSSR count). The number of anilines is 1. The van der Waals surface area contributed by atoms with Crippen LogP contribution in [-0.2, 0) is 9.59 Å². The van der Waals surface area contributed by atoms with E-state index in [0.29, 0.717) is 22.2 Å². The molecule has 29 heavy (non-hydrogen) atoms. The molecule has 1 saturated heterocycles. The maximum atomic E-state index is 12.6. The predicted molar refractivity (Wildman–Crippen MR) is 128 cm³/mol. The van der Waals surface area contributed by atoms with E-state index in [0.717, 1.165) is 35.0 Å². The number of benzene rings is 2. The van der Waals surface area contributed by atoms with E-state index in [2.05, 4.69) is 21.2 Å². The van der Waals surface area contributed by atoms with E-state index in [1.165, 1.54) is 11.8 Å². The molecule has 150 valence electrons. The molecule has 7 heteroatoms. The van der Waals surface area contributed by atoms with Gasteiger partial charge >= 0.3 is 0 Å². The van der Waals surface area contributed by atoms with Crippen molar-refractivity contribution in [3.05, 3.63) is 69.5 Å². The first-order chi connectivity index (χ1) is 14.0. The quantitative estimate of drug-likeness (QED) is 0.287. The van der Waals surface area contributed by atoms with Crippen molar-refractivity contribution in [2.45, 2.75) is 25.7 Å². The molecule has 1 N–H and O–H groups in total. The van der Waals surface area contributed by atoms with Crippen LogP contribution in [0.3, 0.4) is 0 Å². The number of hydrogen-bond acceptors (Lipinski definition) is 4. The van der Waals surface area contributed by atoms with Crippen molar-refractivity contribution >= 4 is 67.8 Å². The molecule has 2 amide bonds. The third-order valence-corrected chi connectivity index (χ3v) is 6.29. The molecule has 1 aliphatic heterocycles. The second kappa shape index (κ2) is 10.7. The molecule has 0 spiro atoms. The van der Waals surface area contributed by atoms with Crippen molar-refractivity contribution in [1.29, 1.82) is 0 Å². The molecule has 0 aromatic heterocycles. The Balaban J connectivity index is 1.41. The Morgan fingerprint density at radius 2 is 1.79 bits per heavy atom. The molecule has 2 aromatic rings. The highest BCUT2D eigenvalue weighted by Crippen LogP contribution is 2.33. The molecule has 0 saturated carbocycles. The predicted octanol–water partition coefficient (Wildman–Crippen LogP) is 5.85. The van der Waals surface area contributed by atoms with Gasteiger partial charge in [0.15, 0.2) is 0 Å². The summed E-state index contributed by atoms with van der Waals surface area (Å²) >= 11 is 10.1. The van der Waals surface area contributed by atoms with Crippen molar-refractivity contribution in [3.63, 3.8) is 0 Å². The largest absolute Gasteiger partial charge is 0.326 e. The van der Waals surface area contributed by atoms with Crippen LogP contribution < -0.4 is 5.32 Å². The van der Waals surface area contributed by atoms with E-state index in [1.54, 1.807) is 4.90 Å². The van der Waals surface area contributed by atoms with E-state index < -0.39 is 0 Å². The van der Waals surface area contributed by atoms with Crippen molar-refractivity contribution in [1.82, 2.24) is 4.90 Å². The first-order valence-corrected chi connectivity index (χ1v) is 11.4. The van der Waals surface area contributed by atoms with Gasteiger partial charge in [-0.3, -0.25) is 14.5 Å². The van der Waals surface area contributed by atoms with Gasteiger partial charge in [-0.1, -0.05) is 76.7 Å². The maximum absolute atomic E-state index is 12.6. The average Bonchev–Trinajstić information content (AvgIpc) is 2.97. The van der Waals surface area contributed by atoms with Crippen LogP contribution in [0, 0.1) is 0 Å². The summed E-state index contributed by atoms with van der Waals surface area (Å²) in [5.74, 6) is -0.0241. The van der Waals surface area contributed by atoms with Crippen molar-refractivity contribution in [3.8, 4) is 0 Å². The highest BCUT2D eigenvalue weighted by atomic mass is 79.9. The maximum Gasteiger partial charge on any atom is 0.266 e. The van der Waals surface area contributed by atoms with Crippen LogP contribution in [0.15, 0.2) is 64.0 Å². The molecule has 0 unspecified atom stereocenters. The Morgan fingerprint density at radius 1 is 1.07 bits per heavy atom. The van der Waals surface area contributed by atoms with Crippen LogP contribution in [0.1, 0.15) is 31.2 Å². The second-order valence-corrected chi connectivity index (χ2v) is 9.20. The fraction of sp³-hybridized carbons (Fsp3) is 0.227. The standard InChI is InChI=1S/C22H21BrN2O2S2/c23-17-12-10-16(11-13-17)15-19-21(27)25(22(28)29-19)14-6-2-5-9-20(26)24-18-7-3-1-4-8-18/h1,3-4,7-8,10-13,15H,2,5-6,9,14H2,(H,24,26)/b19-15-. The molecule has 0 aliphatic carbocycles. The molecular formula is C22H21BrN2O2S2. The molecule has 0 bridgehead atoms. The Kier molecular flexibility index (Phi) is 8.03. The van der Waals surface area contributed by atoms with Gasteiger partial charge in [0.05, 0.1) is 4.91 Å². The van der Waals surface area contributed by atoms with Crippen molar-refractivity contribution in [2.75, 3.05) is 11.9 Å². The van der Waals surface area contributed by atoms with Gasteiger partial charge in [0.25, 0.3) is 5.91 Å². The number of nitrogens with one attached hydrogen (secondary N) is 1. The lowest BCUT2D eigenvalue weighted by atomic mass is 10.1. The lowest BCUT2D eigenvalue weighted by molar-refractivity contribution is -0.122. The molecule has 1 fully saturated rings. The zero-order valence-electron chi connectivity index (χ0n) is 15.8. The lowest BCUT2D eigenvalue weighted by Crippen LogP contribution is -2.29. The minimum Gasteiger partial charge on any atom is -0.326 e. The van der Waals surface area contributed by atoms with Gasteiger partial charge in [0.2, 0.25) is 5.91 Å². The molecule has 1 aliphatic rings. The normalized spacial score (nSPS) is 15.2. The molecule has 2 aromatic carbocycles. The van der Waals surface area contributed by atoms with Crippen LogP contribution in [0.4, 0.5) is 5.69 Å². The van der Waals surface area contributed by atoms with Crippen LogP contribution in [0.5, 0.6) is 0 Å².